The number of nitrogens with zero attached hydrogens (tertiary/aromatic N) is 6. The molecule has 8 heteroatoms. The molecule has 4 aromatic rings. The van der Waals surface area contributed by atoms with Crippen LogP contribution in [0.5, 0.6) is 0 Å². The summed E-state index contributed by atoms with van der Waals surface area (Å²) < 4.78 is 5.35. The van der Waals surface area contributed by atoms with Crippen LogP contribution in [0.15, 0.2) is 53.8 Å². The SMILES string of the molecule is Cc1noc(C)c1-c1nc(NCCc2ccncc2)ncc1-c1cnccn1. The Bertz CT molecular complexity index is 1050. The van der Waals surface area contributed by atoms with E-state index in [1.54, 1.807) is 37.2 Å². The van der Waals surface area contributed by atoms with Crippen LogP contribution in [0.3, 0.4) is 0 Å². The first-order valence-corrected chi connectivity index (χ1v) is 8.92. The highest BCUT2D eigenvalue weighted by Gasteiger charge is 2.20. The van der Waals surface area contributed by atoms with Crippen molar-refractivity contribution in [2.45, 2.75) is 20.3 Å². The van der Waals surface area contributed by atoms with E-state index in [1.807, 2.05) is 26.0 Å². The molecule has 4 heterocycles. The minimum atomic E-state index is 0.539. The number of pyridine rings is 1. The molecule has 0 saturated heterocycles. The van der Waals surface area contributed by atoms with Gasteiger partial charge < -0.3 is 9.84 Å². The molecule has 0 aliphatic carbocycles. The average Bonchev–Trinajstić information content (AvgIpc) is 3.07. The summed E-state index contributed by atoms with van der Waals surface area (Å²) >= 11 is 0. The molecule has 0 spiro atoms. The smallest absolute Gasteiger partial charge is 0.223 e. The summed E-state index contributed by atoms with van der Waals surface area (Å²) in [5.41, 5.74) is 5.01. The second-order valence-corrected chi connectivity index (χ2v) is 6.28. The molecular weight excluding hydrogens is 354 g/mol. The van der Waals surface area contributed by atoms with Gasteiger partial charge >= 0.3 is 0 Å². The van der Waals surface area contributed by atoms with Crippen LogP contribution in [0, 0.1) is 13.8 Å². The lowest BCUT2D eigenvalue weighted by molar-refractivity contribution is 0.393. The van der Waals surface area contributed by atoms with Gasteiger partial charge in [-0.25, -0.2) is 9.97 Å². The molecule has 0 aliphatic heterocycles. The summed E-state index contributed by atoms with van der Waals surface area (Å²) in [6.45, 7) is 4.47. The van der Waals surface area contributed by atoms with E-state index in [-0.39, 0.29) is 0 Å². The minimum Gasteiger partial charge on any atom is -0.361 e. The average molecular weight is 373 g/mol. The number of hydrogen-bond acceptors (Lipinski definition) is 8. The molecule has 0 amide bonds. The van der Waals surface area contributed by atoms with Crippen molar-refractivity contribution in [3.05, 3.63) is 66.3 Å². The number of rotatable bonds is 6. The Hall–Kier alpha value is -3.68. The molecule has 0 atom stereocenters. The first kappa shape index (κ1) is 17.7. The Kier molecular flexibility index (Phi) is 5.01. The molecule has 4 rings (SSSR count). The Morgan fingerprint density at radius 1 is 0.964 bits per heavy atom. The predicted octanol–water partition coefficient (Wildman–Crippen LogP) is 3.26. The molecule has 0 bridgehead atoms. The van der Waals surface area contributed by atoms with Gasteiger partial charge in [-0.05, 0) is 38.0 Å². The van der Waals surface area contributed by atoms with Gasteiger partial charge in [0.1, 0.15) is 5.76 Å². The molecule has 0 aliphatic rings. The van der Waals surface area contributed by atoms with Gasteiger partial charge in [0.05, 0.1) is 28.8 Å². The molecule has 140 valence electrons. The maximum atomic E-state index is 5.35. The second-order valence-electron chi connectivity index (χ2n) is 6.28. The molecule has 0 saturated carbocycles. The zero-order chi connectivity index (χ0) is 19.3. The Morgan fingerprint density at radius 2 is 1.82 bits per heavy atom. The van der Waals surface area contributed by atoms with Crippen molar-refractivity contribution in [1.82, 2.24) is 30.1 Å². The number of aromatic nitrogens is 6. The lowest BCUT2D eigenvalue weighted by Gasteiger charge is -2.11. The van der Waals surface area contributed by atoms with Crippen LogP contribution >= 0.6 is 0 Å². The normalized spacial score (nSPS) is 10.8. The van der Waals surface area contributed by atoms with E-state index in [0.29, 0.717) is 23.9 Å². The molecule has 0 radical (unpaired) electrons. The quantitative estimate of drug-likeness (QED) is 0.549. The zero-order valence-electron chi connectivity index (χ0n) is 15.6. The van der Waals surface area contributed by atoms with Crippen LogP contribution in [-0.2, 0) is 6.42 Å². The zero-order valence-corrected chi connectivity index (χ0v) is 15.6. The predicted molar refractivity (Wildman–Crippen MR) is 104 cm³/mol. The van der Waals surface area contributed by atoms with Crippen LogP contribution in [-0.4, -0.2) is 36.6 Å². The molecular formula is C20H19N7O. The number of nitrogens with one attached hydrogen (secondary N) is 1. The standard InChI is InChI=1S/C20H19N7O/c1-13-18(14(2)28-27-13)19-16(17-12-22-9-10-23-17)11-25-20(26-19)24-8-5-15-3-6-21-7-4-15/h3-4,6-7,9-12H,5,8H2,1-2H3,(H,24,25,26). The second kappa shape index (κ2) is 7.91. The highest BCUT2D eigenvalue weighted by Crippen LogP contribution is 2.33. The van der Waals surface area contributed by atoms with E-state index in [4.69, 9.17) is 9.51 Å². The summed E-state index contributed by atoms with van der Waals surface area (Å²) in [5, 5.41) is 7.34. The molecule has 0 unspecified atom stereocenters. The highest BCUT2D eigenvalue weighted by atomic mass is 16.5. The van der Waals surface area contributed by atoms with Gasteiger partial charge in [0.15, 0.2) is 0 Å². The van der Waals surface area contributed by atoms with Crippen molar-refractivity contribution in [2.24, 2.45) is 0 Å². The third kappa shape index (κ3) is 3.71. The summed E-state index contributed by atoms with van der Waals surface area (Å²) in [6.07, 6.45) is 11.2. The number of anilines is 1. The van der Waals surface area contributed by atoms with Crippen molar-refractivity contribution < 1.29 is 4.52 Å². The number of aryl methyl sites for hydroxylation is 2. The van der Waals surface area contributed by atoms with Crippen LogP contribution in [0.1, 0.15) is 17.0 Å². The fourth-order valence-electron chi connectivity index (χ4n) is 2.97. The molecule has 28 heavy (non-hydrogen) atoms. The van der Waals surface area contributed by atoms with Crippen molar-refractivity contribution in [3.8, 4) is 22.5 Å². The van der Waals surface area contributed by atoms with Gasteiger partial charge in [-0.1, -0.05) is 5.16 Å². The van der Waals surface area contributed by atoms with E-state index >= 15 is 0 Å². The van der Waals surface area contributed by atoms with Crippen LogP contribution < -0.4 is 5.32 Å². The van der Waals surface area contributed by atoms with Crippen LogP contribution in [0.2, 0.25) is 0 Å². The molecule has 0 fully saturated rings. The van der Waals surface area contributed by atoms with Gasteiger partial charge in [0.2, 0.25) is 5.95 Å². The lowest BCUT2D eigenvalue weighted by atomic mass is 10.0. The molecule has 1 N–H and O–H groups in total. The van der Waals surface area contributed by atoms with Gasteiger partial charge in [0.25, 0.3) is 0 Å². The Morgan fingerprint density at radius 3 is 2.54 bits per heavy atom. The monoisotopic (exact) mass is 373 g/mol. The molecule has 4 aromatic heterocycles. The van der Waals surface area contributed by atoms with Gasteiger partial charge in [-0.3, -0.25) is 15.0 Å². The fourth-order valence-corrected chi connectivity index (χ4v) is 2.97. The molecule has 0 aromatic carbocycles. The summed E-state index contributed by atoms with van der Waals surface area (Å²) in [7, 11) is 0. The fraction of sp³-hybridized carbons (Fsp3) is 0.200. The summed E-state index contributed by atoms with van der Waals surface area (Å²) in [4.78, 5) is 21.8. The maximum absolute atomic E-state index is 5.35. The third-order valence-corrected chi connectivity index (χ3v) is 4.34. The van der Waals surface area contributed by atoms with Crippen molar-refractivity contribution in [2.75, 3.05) is 11.9 Å². The van der Waals surface area contributed by atoms with E-state index < -0.39 is 0 Å². The van der Waals surface area contributed by atoms with Crippen molar-refractivity contribution in [3.63, 3.8) is 0 Å². The first-order valence-electron chi connectivity index (χ1n) is 8.92. The summed E-state index contributed by atoms with van der Waals surface area (Å²) in [6, 6.07) is 3.99. The first-order chi connectivity index (χ1) is 13.7. The van der Waals surface area contributed by atoms with E-state index in [1.165, 1.54) is 5.56 Å². The number of hydrogen-bond donors (Lipinski definition) is 1. The summed E-state index contributed by atoms with van der Waals surface area (Å²) in [5.74, 6) is 1.24. The minimum absolute atomic E-state index is 0.539. The van der Waals surface area contributed by atoms with Crippen molar-refractivity contribution >= 4 is 5.95 Å². The lowest BCUT2D eigenvalue weighted by Crippen LogP contribution is -2.09. The van der Waals surface area contributed by atoms with E-state index in [9.17, 15) is 0 Å². The third-order valence-electron chi connectivity index (χ3n) is 4.34. The largest absolute Gasteiger partial charge is 0.361 e. The highest BCUT2D eigenvalue weighted by molar-refractivity contribution is 5.80. The van der Waals surface area contributed by atoms with Gasteiger partial charge in [-0.15, -0.1) is 0 Å². The van der Waals surface area contributed by atoms with Gasteiger partial charge in [-0.2, -0.15) is 0 Å². The van der Waals surface area contributed by atoms with Crippen LogP contribution in [0.4, 0.5) is 5.95 Å². The van der Waals surface area contributed by atoms with Gasteiger partial charge in [0, 0.05) is 43.1 Å². The van der Waals surface area contributed by atoms with E-state index in [2.05, 4.69) is 30.4 Å². The topological polar surface area (TPSA) is 103 Å². The van der Waals surface area contributed by atoms with E-state index in [0.717, 1.165) is 28.9 Å². The Balaban J connectivity index is 1.66. The Labute approximate surface area is 162 Å². The van der Waals surface area contributed by atoms with Crippen molar-refractivity contribution in [1.29, 1.82) is 0 Å². The molecule has 8 nitrogen and oxygen atoms in total. The van der Waals surface area contributed by atoms with Crippen LogP contribution in [0.25, 0.3) is 22.5 Å². The maximum Gasteiger partial charge on any atom is 0.223 e.